The standard InChI is InChI=1S/C25H26N4O2/c1-2-29-22-10-4-3-9-20(22)21-16-18(13-14-23(21)29)28-25(31)12-7-11-24(30)27-17-19-8-5-6-15-26-19/h3-6,8-10,13-16H,2,7,11-12,17H2,1H3,(H,27,30)(H,28,31). The van der Waals surface area contributed by atoms with E-state index in [1.807, 2.05) is 42.5 Å². The molecule has 0 aliphatic heterocycles. The van der Waals surface area contributed by atoms with Crippen LogP contribution >= 0.6 is 0 Å². The first-order chi connectivity index (χ1) is 15.2. The maximum absolute atomic E-state index is 12.4. The average molecular weight is 415 g/mol. The Morgan fingerprint density at radius 1 is 0.903 bits per heavy atom. The predicted octanol–water partition coefficient (Wildman–Crippen LogP) is 4.63. The van der Waals surface area contributed by atoms with Crippen LogP contribution in [0.5, 0.6) is 0 Å². The summed E-state index contributed by atoms with van der Waals surface area (Å²) in [5, 5.41) is 8.11. The zero-order valence-corrected chi connectivity index (χ0v) is 17.6. The van der Waals surface area contributed by atoms with Gasteiger partial charge in [-0.15, -0.1) is 0 Å². The third kappa shape index (κ3) is 4.74. The molecule has 2 amide bonds. The maximum atomic E-state index is 12.4. The summed E-state index contributed by atoms with van der Waals surface area (Å²) in [5.41, 5.74) is 3.94. The van der Waals surface area contributed by atoms with Crippen molar-refractivity contribution in [3.8, 4) is 0 Å². The van der Waals surface area contributed by atoms with Gasteiger partial charge in [0.15, 0.2) is 0 Å². The number of carbonyl (C=O) groups excluding carboxylic acids is 2. The molecule has 31 heavy (non-hydrogen) atoms. The Kier molecular flexibility index (Phi) is 6.26. The molecule has 0 fully saturated rings. The van der Waals surface area contributed by atoms with Gasteiger partial charge in [0.05, 0.1) is 12.2 Å². The van der Waals surface area contributed by atoms with Crippen LogP contribution in [0.3, 0.4) is 0 Å². The summed E-state index contributed by atoms with van der Waals surface area (Å²) >= 11 is 0. The van der Waals surface area contributed by atoms with E-state index in [0.29, 0.717) is 25.8 Å². The van der Waals surface area contributed by atoms with E-state index in [1.165, 1.54) is 10.9 Å². The molecule has 0 aliphatic carbocycles. The second kappa shape index (κ2) is 9.43. The number of rotatable bonds is 8. The lowest BCUT2D eigenvalue weighted by Crippen LogP contribution is -2.23. The Labute approximate surface area is 181 Å². The van der Waals surface area contributed by atoms with Gasteiger partial charge in [0.25, 0.3) is 0 Å². The molecule has 0 unspecified atom stereocenters. The normalized spacial score (nSPS) is 11.0. The number of benzene rings is 2. The molecule has 2 N–H and O–H groups in total. The number of nitrogens with zero attached hydrogens (tertiary/aromatic N) is 2. The largest absolute Gasteiger partial charge is 0.350 e. The highest BCUT2D eigenvalue weighted by molar-refractivity contribution is 6.09. The molecule has 4 aromatic rings. The quantitative estimate of drug-likeness (QED) is 0.441. The first kappa shape index (κ1) is 20.6. The fraction of sp³-hybridized carbons (Fsp3) is 0.240. The van der Waals surface area contributed by atoms with Crippen molar-refractivity contribution in [3.05, 3.63) is 72.6 Å². The molecule has 0 atom stereocenters. The molecular formula is C25H26N4O2. The minimum absolute atomic E-state index is 0.0766. The summed E-state index contributed by atoms with van der Waals surface area (Å²) in [7, 11) is 0. The van der Waals surface area contributed by atoms with Crippen molar-refractivity contribution in [2.24, 2.45) is 0 Å². The monoisotopic (exact) mass is 414 g/mol. The lowest BCUT2D eigenvalue weighted by Gasteiger charge is -2.07. The number of aromatic nitrogens is 2. The molecule has 2 aromatic heterocycles. The van der Waals surface area contributed by atoms with E-state index >= 15 is 0 Å². The van der Waals surface area contributed by atoms with Crippen molar-refractivity contribution < 1.29 is 9.59 Å². The van der Waals surface area contributed by atoms with Gasteiger partial charge in [-0.25, -0.2) is 0 Å². The third-order valence-corrected chi connectivity index (χ3v) is 5.37. The minimum atomic E-state index is -0.0869. The second-order valence-electron chi connectivity index (χ2n) is 7.49. The van der Waals surface area contributed by atoms with Crippen molar-refractivity contribution in [1.82, 2.24) is 14.9 Å². The molecule has 2 aromatic carbocycles. The number of fused-ring (bicyclic) bond motifs is 3. The van der Waals surface area contributed by atoms with Crippen LogP contribution in [0.15, 0.2) is 66.9 Å². The number of anilines is 1. The summed E-state index contributed by atoms with van der Waals surface area (Å²) in [6.07, 6.45) is 2.80. The molecule has 0 saturated carbocycles. The smallest absolute Gasteiger partial charge is 0.224 e. The van der Waals surface area contributed by atoms with Gasteiger partial charge in [-0.05, 0) is 49.7 Å². The Morgan fingerprint density at radius 3 is 2.48 bits per heavy atom. The number of hydrogen-bond donors (Lipinski definition) is 2. The molecule has 0 spiro atoms. The average Bonchev–Trinajstić information content (AvgIpc) is 3.11. The van der Waals surface area contributed by atoms with E-state index in [-0.39, 0.29) is 11.8 Å². The van der Waals surface area contributed by atoms with Crippen molar-refractivity contribution in [2.45, 2.75) is 39.3 Å². The fourth-order valence-electron chi connectivity index (χ4n) is 3.89. The number of hydrogen-bond acceptors (Lipinski definition) is 3. The molecule has 6 heteroatoms. The number of pyridine rings is 1. The van der Waals surface area contributed by atoms with Crippen LogP contribution in [0, 0.1) is 0 Å². The van der Waals surface area contributed by atoms with E-state index in [0.717, 1.165) is 28.8 Å². The van der Waals surface area contributed by atoms with Crippen LogP contribution < -0.4 is 10.6 Å². The molecule has 0 aliphatic rings. The summed E-state index contributed by atoms with van der Waals surface area (Å²) in [4.78, 5) is 28.5. The van der Waals surface area contributed by atoms with Crippen molar-refractivity contribution >= 4 is 39.3 Å². The molecular weight excluding hydrogens is 388 g/mol. The molecule has 158 valence electrons. The summed E-state index contributed by atoms with van der Waals surface area (Å²) < 4.78 is 2.28. The van der Waals surface area contributed by atoms with Crippen LogP contribution in [0.2, 0.25) is 0 Å². The van der Waals surface area contributed by atoms with Crippen molar-refractivity contribution in [1.29, 1.82) is 0 Å². The molecule has 0 radical (unpaired) electrons. The summed E-state index contributed by atoms with van der Waals surface area (Å²) in [6.45, 7) is 3.42. The highest BCUT2D eigenvalue weighted by Gasteiger charge is 2.11. The van der Waals surface area contributed by atoms with Crippen LogP contribution in [-0.2, 0) is 22.7 Å². The van der Waals surface area contributed by atoms with E-state index in [2.05, 4.69) is 45.3 Å². The predicted molar refractivity (Wildman–Crippen MR) is 124 cm³/mol. The van der Waals surface area contributed by atoms with Gasteiger partial charge >= 0.3 is 0 Å². The van der Waals surface area contributed by atoms with Gasteiger partial charge in [-0.1, -0.05) is 24.3 Å². The lowest BCUT2D eigenvalue weighted by molar-refractivity contribution is -0.121. The van der Waals surface area contributed by atoms with Crippen LogP contribution in [0.25, 0.3) is 21.8 Å². The SMILES string of the molecule is CCn1c2ccccc2c2cc(NC(=O)CCCC(=O)NCc3ccccn3)ccc21. The van der Waals surface area contributed by atoms with Crippen molar-refractivity contribution in [3.63, 3.8) is 0 Å². The van der Waals surface area contributed by atoms with Crippen LogP contribution in [0.1, 0.15) is 31.9 Å². The molecule has 6 nitrogen and oxygen atoms in total. The number of amides is 2. The Balaban J connectivity index is 1.32. The van der Waals surface area contributed by atoms with Gasteiger partial charge < -0.3 is 15.2 Å². The lowest BCUT2D eigenvalue weighted by atomic mass is 10.1. The van der Waals surface area contributed by atoms with Crippen LogP contribution in [0.4, 0.5) is 5.69 Å². The van der Waals surface area contributed by atoms with E-state index in [9.17, 15) is 9.59 Å². The number of para-hydroxylation sites is 1. The Bertz CT molecular complexity index is 1210. The van der Waals surface area contributed by atoms with E-state index in [4.69, 9.17) is 0 Å². The first-order valence-corrected chi connectivity index (χ1v) is 10.6. The summed E-state index contributed by atoms with van der Waals surface area (Å²) in [6, 6.07) is 19.9. The highest BCUT2D eigenvalue weighted by Crippen LogP contribution is 2.31. The number of carbonyl (C=O) groups is 2. The van der Waals surface area contributed by atoms with E-state index < -0.39 is 0 Å². The van der Waals surface area contributed by atoms with Gasteiger partial charge in [0.2, 0.25) is 11.8 Å². The number of aryl methyl sites for hydroxylation is 1. The third-order valence-electron chi connectivity index (χ3n) is 5.37. The van der Waals surface area contributed by atoms with Gasteiger partial charge in [0.1, 0.15) is 0 Å². The Morgan fingerprint density at radius 2 is 1.68 bits per heavy atom. The maximum Gasteiger partial charge on any atom is 0.224 e. The Hall–Kier alpha value is -3.67. The van der Waals surface area contributed by atoms with E-state index in [1.54, 1.807) is 6.20 Å². The zero-order valence-electron chi connectivity index (χ0n) is 17.6. The zero-order chi connectivity index (χ0) is 21.6. The fourth-order valence-corrected chi connectivity index (χ4v) is 3.89. The van der Waals surface area contributed by atoms with Crippen molar-refractivity contribution in [2.75, 3.05) is 5.32 Å². The topological polar surface area (TPSA) is 76.0 Å². The molecule has 0 bridgehead atoms. The van der Waals surface area contributed by atoms with Gasteiger partial charge in [-0.3, -0.25) is 14.6 Å². The molecule has 2 heterocycles. The highest BCUT2D eigenvalue weighted by atomic mass is 16.2. The first-order valence-electron chi connectivity index (χ1n) is 10.6. The minimum Gasteiger partial charge on any atom is -0.350 e. The van der Waals surface area contributed by atoms with Gasteiger partial charge in [-0.2, -0.15) is 0 Å². The van der Waals surface area contributed by atoms with Gasteiger partial charge in [0, 0.05) is 53.1 Å². The van der Waals surface area contributed by atoms with Crippen LogP contribution in [-0.4, -0.2) is 21.4 Å². The molecule has 4 rings (SSSR count). The second-order valence-corrected chi connectivity index (χ2v) is 7.49. The molecule has 0 saturated heterocycles. The number of nitrogens with one attached hydrogen (secondary N) is 2. The summed E-state index contributed by atoms with van der Waals surface area (Å²) in [5.74, 6) is -0.164.